The van der Waals surface area contributed by atoms with Crippen molar-refractivity contribution in [3.8, 4) is 0 Å². The molecular weight excluding hydrogens is 194 g/mol. The summed E-state index contributed by atoms with van der Waals surface area (Å²) in [5.74, 6) is 1.44. The highest BCUT2D eigenvalue weighted by Crippen LogP contribution is 2.24. The Labute approximate surface area is 88.8 Å². The van der Waals surface area contributed by atoms with E-state index < -0.39 is 0 Å². The highest BCUT2D eigenvalue weighted by Gasteiger charge is 2.21. The number of nitrogens with two attached hydrogens (primary N) is 1. The summed E-state index contributed by atoms with van der Waals surface area (Å²) in [6, 6.07) is 0. The monoisotopic (exact) mass is 211 g/mol. The van der Waals surface area contributed by atoms with Crippen molar-refractivity contribution in [2.75, 3.05) is 19.8 Å². The van der Waals surface area contributed by atoms with Gasteiger partial charge in [0.05, 0.1) is 0 Å². The molecule has 0 bridgehead atoms. The average Bonchev–Trinajstić information content (AvgIpc) is 2.75. The molecule has 15 heavy (non-hydrogen) atoms. The van der Waals surface area contributed by atoms with Crippen LogP contribution in [-0.2, 0) is 11.3 Å². The first-order valence-electron chi connectivity index (χ1n) is 5.45. The first-order chi connectivity index (χ1) is 7.42. The van der Waals surface area contributed by atoms with Crippen LogP contribution in [0.5, 0.6) is 0 Å². The summed E-state index contributed by atoms with van der Waals surface area (Å²) in [6.07, 6.45) is 2.95. The van der Waals surface area contributed by atoms with Crippen molar-refractivity contribution in [2.24, 2.45) is 5.73 Å². The summed E-state index contributed by atoms with van der Waals surface area (Å²) in [7, 11) is 0. The molecule has 1 fully saturated rings. The Hall–Kier alpha value is -1.01. The van der Waals surface area contributed by atoms with E-state index in [1.807, 2.05) is 4.68 Å². The number of nitrogens with zero attached hydrogens (tertiary/aromatic N) is 4. The highest BCUT2D eigenvalue weighted by molar-refractivity contribution is 4.94. The van der Waals surface area contributed by atoms with Gasteiger partial charge in [0.2, 0.25) is 0 Å². The first-order valence-corrected chi connectivity index (χ1v) is 5.45. The van der Waals surface area contributed by atoms with Gasteiger partial charge in [-0.1, -0.05) is 0 Å². The van der Waals surface area contributed by atoms with Gasteiger partial charge in [-0.15, -0.1) is 5.10 Å². The minimum absolute atomic E-state index is 0.450. The predicted molar refractivity (Wildman–Crippen MR) is 54.3 cm³/mol. The van der Waals surface area contributed by atoms with Crippen LogP contribution in [0.15, 0.2) is 0 Å². The molecule has 2 heterocycles. The van der Waals surface area contributed by atoms with Gasteiger partial charge in [0, 0.05) is 25.7 Å². The number of aromatic nitrogens is 4. The Morgan fingerprint density at radius 3 is 2.93 bits per heavy atom. The average molecular weight is 211 g/mol. The molecule has 1 aliphatic heterocycles. The molecule has 2 rings (SSSR count). The van der Waals surface area contributed by atoms with Crippen LogP contribution in [-0.4, -0.2) is 40.0 Å². The topological polar surface area (TPSA) is 78.9 Å². The second-order valence-corrected chi connectivity index (χ2v) is 3.79. The van der Waals surface area contributed by atoms with E-state index in [1.54, 1.807) is 0 Å². The number of hydrogen-bond acceptors (Lipinski definition) is 5. The molecule has 0 atom stereocenters. The molecule has 1 aliphatic rings. The fourth-order valence-corrected chi connectivity index (χ4v) is 1.86. The van der Waals surface area contributed by atoms with Gasteiger partial charge in [-0.2, -0.15) is 0 Å². The number of aryl methyl sites for hydroxylation is 1. The van der Waals surface area contributed by atoms with E-state index >= 15 is 0 Å². The third kappa shape index (κ3) is 2.51. The van der Waals surface area contributed by atoms with E-state index in [-0.39, 0.29) is 0 Å². The van der Waals surface area contributed by atoms with E-state index in [2.05, 4.69) is 15.5 Å². The summed E-state index contributed by atoms with van der Waals surface area (Å²) in [5, 5.41) is 11.8. The van der Waals surface area contributed by atoms with Gasteiger partial charge >= 0.3 is 0 Å². The van der Waals surface area contributed by atoms with Gasteiger partial charge in [-0.3, -0.25) is 0 Å². The van der Waals surface area contributed by atoms with E-state index in [1.165, 1.54) is 0 Å². The second kappa shape index (κ2) is 5.18. The molecule has 0 amide bonds. The number of ether oxygens (including phenoxy) is 1. The summed E-state index contributed by atoms with van der Waals surface area (Å²) >= 11 is 0. The summed E-state index contributed by atoms with van der Waals surface area (Å²) in [4.78, 5) is 0. The fourth-order valence-electron chi connectivity index (χ4n) is 1.86. The Kier molecular flexibility index (Phi) is 3.63. The molecule has 84 valence electrons. The molecule has 2 N–H and O–H groups in total. The zero-order valence-corrected chi connectivity index (χ0v) is 8.80. The minimum atomic E-state index is 0.450. The molecule has 0 saturated carbocycles. The third-order valence-corrected chi connectivity index (χ3v) is 2.72. The smallest absolute Gasteiger partial charge is 0.154 e. The minimum Gasteiger partial charge on any atom is -0.381 e. The van der Waals surface area contributed by atoms with Crippen LogP contribution >= 0.6 is 0 Å². The molecule has 0 aromatic carbocycles. The van der Waals surface area contributed by atoms with Gasteiger partial charge < -0.3 is 10.5 Å². The van der Waals surface area contributed by atoms with Crippen LogP contribution in [0.2, 0.25) is 0 Å². The predicted octanol–water partition coefficient (Wildman–Crippen LogP) is -0.0841. The van der Waals surface area contributed by atoms with Gasteiger partial charge in [0.25, 0.3) is 0 Å². The molecule has 1 saturated heterocycles. The van der Waals surface area contributed by atoms with Gasteiger partial charge in [0.1, 0.15) is 0 Å². The van der Waals surface area contributed by atoms with Gasteiger partial charge in [-0.25, -0.2) is 4.68 Å². The molecule has 6 nitrogen and oxygen atoms in total. The molecule has 1 aromatic heterocycles. The number of rotatable bonds is 4. The standard InChI is InChI=1S/C9H17N5O/c10-4-1-5-14-9(11-12-13-14)8-2-6-15-7-3-8/h8H,1-7,10H2. The number of tetrazole rings is 1. The molecule has 0 spiro atoms. The van der Waals surface area contributed by atoms with Crippen molar-refractivity contribution in [2.45, 2.75) is 31.7 Å². The highest BCUT2D eigenvalue weighted by atomic mass is 16.5. The summed E-state index contributed by atoms with van der Waals surface area (Å²) < 4.78 is 7.20. The maximum Gasteiger partial charge on any atom is 0.154 e. The van der Waals surface area contributed by atoms with Crippen molar-refractivity contribution >= 4 is 0 Å². The normalized spacial score (nSPS) is 18.2. The Balaban J connectivity index is 2.02. The van der Waals surface area contributed by atoms with Crippen LogP contribution in [0.3, 0.4) is 0 Å². The van der Waals surface area contributed by atoms with E-state index in [0.29, 0.717) is 12.5 Å². The quantitative estimate of drug-likeness (QED) is 0.753. The lowest BCUT2D eigenvalue weighted by Gasteiger charge is -2.20. The lowest BCUT2D eigenvalue weighted by atomic mass is 9.99. The van der Waals surface area contributed by atoms with Crippen LogP contribution in [0.1, 0.15) is 31.0 Å². The van der Waals surface area contributed by atoms with Crippen LogP contribution < -0.4 is 5.73 Å². The van der Waals surface area contributed by atoms with Gasteiger partial charge in [-0.05, 0) is 36.2 Å². The molecule has 0 radical (unpaired) electrons. The largest absolute Gasteiger partial charge is 0.381 e. The molecule has 1 aromatic rings. The molecular formula is C9H17N5O. The van der Waals surface area contributed by atoms with Crippen LogP contribution in [0.4, 0.5) is 0 Å². The zero-order valence-electron chi connectivity index (χ0n) is 8.80. The molecule has 0 aliphatic carbocycles. The van der Waals surface area contributed by atoms with Crippen molar-refractivity contribution in [3.05, 3.63) is 5.82 Å². The summed E-state index contributed by atoms with van der Waals surface area (Å²) in [5.41, 5.74) is 5.47. The SMILES string of the molecule is NCCCn1nnnc1C1CCOCC1. The Morgan fingerprint density at radius 2 is 2.20 bits per heavy atom. The van der Waals surface area contributed by atoms with Crippen molar-refractivity contribution in [1.82, 2.24) is 20.2 Å². The van der Waals surface area contributed by atoms with E-state index in [9.17, 15) is 0 Å². The maximum atomic E-state index is 5.47. The van der Waals surface area contributed by atoms with E-state index in [0.717, 1.165) is 44.8 Å². The van der Waals surface area contributed by atoms with E-state index in [4.69, 9.17) is 10.5 Å². The Morgan fingerprint density at radius 1 is 1.40 bits per heavy atom. The zero-order chi connectivity index (χ0) is 10.5. The maximum absolute atomic E-state index is 5.47. The lowest BCUT2D eigenvalue weighted by Crippen LogP contribution is -2.19. The van der Waals surface area contributed by atoms with Crippen molar-refractivity contribution in [3.63, 3.8) is 0 Å². The summed E-state index contributed by atoms with van der Waals surface area (Å²) in [6.45, 7) is 3.12. The second-order valence-electron chi connectivity index (χ2n) is 3.79. The third-order valence-electron chi connectivity index (χ3n) is 2.72. The number of hydrogen-bond donors (Lipinski definition) is 1. The van der Waals surface area contributed by atoms with Gasteiger partial charge in [0.15, 0.2) is 5.82 Å². The van der Waals surface area contributed by atoms with Crippen LogP contribution in [0.25, 0.3) is 0 Å². The Bertz CT molecular complexity index is 294. The first kappa shape index (κ1) is 10.5. The fraction of sp³-hybridized carbons (Fsp3) is 0.889. The lowest BCUT2D eigenvalue weighted by molar-refractivity contribution is 0.0825. The van der Waals surface area contributed by atoms with Crippen molar-refractivity contribution in [1.29, 1.82) is 0 Å². The molecule has 6 heteroatoms. The molecule has 0 unspecified atom stereocenters. The van der Waals surface area contributed by atoms with Crippen LogP contribution in [0, 0.1) is 0 Å². The van der Waals surface area contributed by atoms with Crippen molar-refractivity contribution < 1.29 is 4.74 Å².